The molecule has 0 saturated heterocycles. The average Bonchev–Trinajstić information content (AvgIpc) is 2.63. The zero-order valence-electron chi connectivity index (χ0n) is 13.5. The predicted octanol–water partition coefficient (Wildman–Crippen LogP) is 3.72. The highest BCUT2D eigenvalue weighted by Gasteiger charge is 2.15. The van der Waals surface area contributed by atoms with E-state index < -0.39 is 0 Å². The van der Waals surface area contributed by atoms with Crippen LogP contribution in [0.1, 0.15) is 35.4 Å². The molecule has 4 heteroatoms. The number of hydrogen-bond donors (Lipinski definition) is 1. The van der Waals surface area contributed by atoms with Crippen molar-refractivity contribution < 1.29 is 9.21 Å². The Bertz CT molecular complexity index is 899. The Morgan fingerprint density at radius 1 is 1.08 bits per heavy atom. The molecular weight excluding hydrogens is 302 g/mol. The zero-order chi connectivity index (χ0) is 16.9. The molecule has 0 radical (unpaired) electrons. The van der Waals surface area contributed by atoms with Gasteiger partial charge < -0.3 is 9.73 Å². The van der Waals surface area contributed by atoms with Crippen molar-refractivity contribution in [1.82, 2.24) is 5.32 Å². The van der Waals surface area contributed by atoms with Gasteiger partial charge in [-0.1, -0.05) is 49.4 Å². The molecule has 0 saturated carbocycles. The van der Waals surface area contributed by atoms with Gasteiger partial charge in [-0.2, -0.15) is 0 Å². The molecule has 122 valence electrons. The topological polar surface area (TPSA) is 59.3 Å². The summed E-state index contributed by atoms with van der Waals surface area (Å²) >= 11 is 0. The molecule has 0 spiro atoms. The number of carbonyl (C=O) groups excluding carboxylic acids is 1. The van der Waals surface area contributed by atoms with E-state index in [0.717, 1.165) is 6.42 Å². The van der Waals surface area contributed by atoms with Gasteiger partial charge in [0, 0.05) is 18.5 Å². The van der Waals surface area contributed by atoms with Crippen molar-refractivity contribution in [2.24, 2.45) is 0 Å². The molecule has 0 bridgehead atoms. The van der Waals surface area contributed by atoms with Crippen LogP contribution in [0.2, 0.25) is 0 Å². The third kappa shape index (κ3) is 3.38. The van der Waals surface area contributed by atoms with E-state index in [9.17, 15) is 9.59 Å². The smallest absolute Gasteiger partial charge is 0.287 e. The molecule has 1 amide bonds. The largest absolute Gasteiger partial charge is 0.451 e. The van der Waals surface area contributed by atoms with Gasteiger partial charge in [-0.3, -0.25) is 9.59 Å². The number of carbonyl (C=O) groups is 1. The second kappa shape index (κ2) is 7.13. The summed E-state index contributed by atoms with van der Waals surface area (Å²) in [5, 5.41) is 3.35. The van der Waals surface area contributed by atoms with Gasteiger partial charge in [0.1, 0.15) is 5.58 Å². The molecule has 1 aromatic heterocycles. The highest BCUT2D eigenvalue weighted by atomic mass is 16.3. The fourth-order valence-corrected chi connectivity index (χ4v) is 2.74. The highest BCUT2D eigenvalue weighted by molar-refractivity contribution is 5.93. The Morgan fingerprint density at radius 2 is 1.79 bits per heavy atom. The number of hydrogen-bond acceptors (Lipinski definition) is 3. The highest BCUT2D eigenvalue weighted by Crippen LogP contribution is 2.18. The lowest BCUT2D eigenvalue weighted by Crippen LogP contribution is -2.29. The normalized spacial score (nSPS) is 12.0. The maximum atomic E-state index is 12.3. The Labute approximate surface area is 140 Å². The van der Waals surface area contributed by atoms with Crippen LogP contribution < -0.4 is 10.7 Å². The lowest BCUT2D eigenvalue weighted by molar-refractivity contribution is 0.0923. The van der Waals surface area contributed by atoms with Crippen LogP contribution in [0.25, 0.3) is 11.0 Å². The molecule has 0 aliphatic carbocycles. The quantitative estimate of drug-likeness (QED) is 0.779. The Kier molecular flexibility index (Phi) is 4.75. The van der Waals surface area contributed by atoms with Gasteiger partial charge in [0.05, 0.1) is 5.39 Å². The lowest BCUT2D eigenvalue weighted by Gasteiger charge is -2.16. The van der Waals surface area contributed by atoms with E-state index in [0.29, 0.717) is 17.5 Å². The van der Waals surface area contributed by atoms with Crippen LogP contribution in [0.5, 0.6) is 0 Å². The van der Waals surface area contributed by atoms with Gasteiger partial charge in [-0.05, 0) is 24.1 Å². The van der Waals surface area contributed by atoms with Crippen LogP contribution in [0.4, 0.5) is 0 Å². The molecule has 3 rings (SSSR count). The van der Waals surface area contributed by atoms with E-state index in [1.807, 2.05) is 18.2 Å². The molecule has 0 aliphatic heterocycles. The molecular formula is C20H19NO3. The van der Waals surface area contributed by atoms with E-state index in [1.54, 1.807) is 24.3 Å². The summed E-state index contributed by atoms with van der Waals surface area (Å²) in [5.74, 6) is -0.101. The third-order valence-electron chi connectivity index (χ3n) is 4.13. The van der Waals surface area contributed by atoms with Crippen molar-refractivity contribution in [3.63, 3.8) is 0 Å². The molecule has 1 N–H and O–H groups in total. The van der Waals surface area contributed by atoms with Crippen molar-refractivity contribution in [2.75, 3.05) is 6.54 Å². The number of fused-ring (bicyclic) bond motifs is 1. The molecule has 1 heterocycles. The number of nitrogens with one attached hydrogen (secondary N) is 1. The van der Waals surface area contributed by atoms with E-state index in [1.165, 1.54) is 11.6 Å². The van der Waals surface area contributed by atoms with Gasteiger partial charge in [0.2, 0.25) is 0 Å². The number of rotatable bonds is 5. The maximum Gasteiger partial charge on any atom is 0.287 e. The third-order valence-corrected chi connectivity index (χ3v) is 4.13. The van der Waals surface area contributed by atoms with Crippen molar-refractivity contribution >= 4 is 16.9 Å². The van der Waals surface area contributed by atoms with Crippen LogP contribution in [0.15, 0.2) is 69.9 Å². The average molecular weight is 321 g/mol. The first-order valence-corrected chi connectivity index (χ1v) is 8.05. The minimum atomic E-state index is -0.368. The van der Waals surface area contributed by atoms with Crippen LogP contribution in [-0.4, -0.2) is 12.5 Å². The van der Waals surface area contributed by atoms with Gasteiger partial charge in [0.25, 0.3) is 5.91 Å². The molecule has 1 atom stereocenters. The molecule has 4 nitrogen and oxygen atoms in total. The second-order valence-corrected chi connectivity index (χ2v) is 5.70. The van der Waals surface area contributed by atoms with E-state index in [-0.39, 0.29) is 23.0 Å². The van der Waals surface area contributed by atoms with Crippen molar-refractivity contribution in [1.29, 1.82) is 0 Å². The Hall–Kier alpha value is -2.88. The number of para-hydroxylation sites is 1. The van der Waals surface area contributed by atoms with Gasteiger partial charge in [-0.25, -0.2) is 0 Å². The molecule has 2 aromatic carbocycles. The summed E-state index contributed by atoms with van der Waals surface area (Å²) in [4.78, 5) is 24.4. The predicted molar refractivity (Wildman–Crippen MR) is 94.3 cm³/mol. The number of amides is 1. The summed E-state index contributed by atoms with van der Waals surface area (Å²) < 4.78 is 5.56. The molecule has 0 aliphatic rings. The van der Waals surface area contributed by atoms with Crippen molar-refractivity contribution in [3.8, 4) is 0 Å². The van der Waals surface area contributed by atoms with Gasteiger partial charge in [0.15, 0.2) is 11.2 Å². The number of benzene rings is 2. The fraction of sp³-hybridized carbons (Fsp3) is 0.200. The van der Waals surface area contributed by atoms with E-state index in [4.69, 9.17) is 4.42 Å². The summed E-state index contributed by atoms with van der Waals surface area (Å²) in [6.45, 7) is 2.58. The minimum Gasteiger partial charge on any atom is -0.451 e. The maximum absolute atomic E-state index is 12.3. The standard InChI is InChI=1S/C20H19NO3/c1-2-14(15-8-4-3-5-9-15)13-21-20(23)19-12-17(22)16-10-6-7-11-18(16)24-19/h3-12,14H,2,13H2,1H3,(H,21,23)/t14-/m0/s1. The summed E-state index contributed by atoms with van der Waals surface area (Å²) in [6, 6.07) is 18.2. The first kappa shape index (κ1) is 16.0. The van der Waals surface area contributed by atoms with E-state index in [2.05, 4.69) is 24.4 Å². The van der Waals surface area contributed by atoms with Crippen LogP contribution >= 0.6 is 0 Å². The Morgan fingerprint density at radius 3 is 2.54 bits per heavy atom. The fourth-order valence-electron chi connectivity index (χ4n) is 2.74. The monoisotopic (exact) mass is 321 g/mol. The first-order chi connectivity index (χ1) is 11.7. The van der Waals surface area contributed by atoms with Gasteiger partial charge in [-0.15, -0.1) is 0 Å². The minimum absolute atomic E-state index is 0.0432. The van der Waals surface area contributed by atoms with Crippen LogP contribution in [-0.2, 0) is 0 Å². The van der Waals surface area contributed by atoms with Gasteiger partial charge >= 0.3 is 0 Å². The molecule has 3 aromatic rings. The van der Waals surface area contributed by atoms with E-state index >= 15 is 0 Å². The lowest BCUT2D eigenvalue weighted by atomic mass is 9.96. The zero-order valence-corrected chi connectivity index (χ0v) is 13.5. The van der Waals surface area contributed by atoms with Crippen LogP contribution in [0, 0.1) is 0 Å². The molecule has 0 fully saturated rings. The summed E-state index contributed by atoms with van der Waals surface area (Å²) in [7, 11) is 0. The molecule has 0 unspecified atom stereocenters. The van der Waals surface area contributed by atoms with Crippen molar-refractivity contribution in [3.05, 3.63) is 82.2 Å². The second-order valence-electron chi connectivity index (χ2n) is 5.70. The SMILES string of the molecule is CC[C@@H](CNC(=O)c1cc(=O)c2ccccc2o1)c1ccccc1. The van der Waals surface area contributed by atoms with Crippen molar-refractivity contribution in [2.45, 2.75) is 19.3 Å². The summed E-state index contributed by atoms with van der Waals surface area (Å²) in [5.41, 5.74) is 1.39. The Balaban J connectivity index is 1.76. The van der Waals surface area contributed by atoms with Crippen LogP contribution in [0.3, 0.4) is 0 Å². The summed E-state index contributed by atoms with van der Waals surface area (Å²) in [6.07, 6.45) is 0.909. The first-order valence-electron chi connectivity index (χ1n) is 8.05. The molecule has 24 heavy (non-hydrogen) atoms.